The van der Waals surface area contributed by atoms with E-state index in [1.165, 1.54) is 7.11 Å². The van der Waals surface area contributed by atoms with E-state index < -0.39 is 0 Å². The third-order valence-electron chi connectivity index (χ3n) is 4.46. The standard InChI is InChI=1S/C18H24N2O4/c1-12(18(21)23-3)17-14(6-7-20-17)15-10-13(11-19)4-5-16(15)24-9-8-22-2/h4-5,10,12,14,17,20H,6-9H2,1-3H3/t12-,14-,17?/m1/s1. The van der Waals surface area contributed by atoms with Crippen molar-refractivity contribution < 1.29 is 19.0 Å². The quantitative estimate of drug-likeness (QED) is 0.606. The van der Waals surface area contributed by atoms with E-state index in [2.05, 4.69) is 11.4 Å². The number of carbonyl (C=O) groups is 1. The number of ether oxygens (including phenoxy) is 3. The first-order valence-corrected chi connectivity index (χ1v) is 8.09. The predicted octanol–water partition coefficient (Wildman–Crippen LogP) is 1.84. The summed E-state index contributed by atoms with van der Waals surface area (Å²) in [5, 5.41) is 12.6. The number of rotatable bonds is 7. The van der Waals surface area contributed by atoms with Crippen molar-refractivity contribution in [2.24, 2.45) is 5.92 Å². The van der Waals surface area contributed by atoms with E-state index >= 15 is 0 Å². The van der Waals surface area contributed by atoms with E-state index in [1.54, 1.807) is 13.2 Å². The molecule has 0 bridgehead atoms. The van der Waals surface area contributed by atoms with Crippen molar-refractivity contribution in [1.82, 2.24) is 5.32 Å². The predicted molar refractivity (Wildman–Crippen MR) is 88.9 cm³/mol. The van der Waals surface area contributed by atoms with Gasteiger partial charge in [0.1, 0.15) is 12.4 Å². The minimum atomic E-state index is -0.278. The lowest BCUT2D eigenvalue weighted by molar-refractivity contribution is -0.145. The van der Waals surface area contributed by atoms with Crippen LogP contribution in [0.15, 0.2) is 18.2 Å². The topological polar surface area (TPSA) is 80.6 Å². The van der Waals surface area contributed by atoms with Crippen LogP contribution in [0, 0.1) is 17.2 Å². The van der Waals surface area contributed by atoms with Crippen molar-refractivity contribution >= 4 is 5.97 Å². The number of nitrogens with zero attached hydrogens (tertiary/aromatic N) is 1. The Hall–Kier alpha value is -2.10. The summed E-state index contributed by atoms with van der Waals surface area (Å²) in [6.45, 7) is 3.60. The molecular weight excluding hydrogens is 308 g/mol. The van der Waals surface area contributed by atoms with Gasteiger partial charge in [-0.25, -0.2) is 0 Å². The zero-order valence-corrected chi connectivity index (χ0v) is 14.4. The highest BCUT2D eigenvalue weighted by Gasteiger charge is 2.37. The first kappa shape index (κ1) is 18.2. The number of hydrogen-bond acceptors (Lipinski definition) is 6. The van der Waals surface area contributed by atoms with E-state index in [9.17, 15) is 10.1 Å². The van der Waals surface area contributed by atoms with Crippen LogP contribution >= 0.6 is 0 Å². The van der Waals surface area contributed by atoms with E-state index in [0.717, 1.165) is 24.3 Å². The molecule has 1 aliphatic heterocycles. The summed E-state index contributed by atoms with van der Waals surface area (Å²) in [6, 6.07) is 7.55. The fourth-order valence-corrected chi connectivity index (χ4v) is 3.21. The fourth-order valence-electron chi connectivity index (χ4n) is 3.21. The number of esters is 1. The van der Waals surface area contributed by atoms with Gasteiger partial charge in [0.05, 0.1) is 31.3 Å². The second-order valence-corrected chi connectivity index (χ2v) is 5.89. The van der Waals surface area contributed by atoms with Crippen LogP contribution in [0.25, 0.3) is 0 Å². The highest BCUT2D eigenvalue weighted by atomic mass is 16.5. The smallest absolute Gasteiger partial charge is 0.309 e. The zero-order chi connectivity index (χ0) is 17.5. The number of methoxy groups -OCH3 is 2. The molecule has 0 spiro atoms. The maximum atomic E-state index is 11.9. The Bertz CT molecular complexity index is 612. The highest BCUT2D eigenvalue weighted by molar-refractivity contribution is 5.73. The molecule has 1 aromatic carbocycles. The zero-order valence-electron chi connectivity index (χ0n) is 14.4. The van der Waals surface area contributed by atoms with Gasteiger partial charge < -0.3 is 19.5 Å². The average molecular weight is 332 g/mol. The Labute approximate surface area is 142 Å². The highest BCUT2D eigenvalue weighted by Crippen LogP contribution is 2.37. The monoisotopic (exact) mass is 332 g/mol. The van der Waals surface area contributed by atoms with Crippen molar-refractivity contribution in [2.75, 3.05) is 34.0 Å². The molecule has 0 aromatic heterocycles. The largest absolute Gasteiger partial charge is 0.491 e. The summed E-state index contributed by atoms with van der Waals surface area (Å²) in [5.74, 6) is 0.310. The van der Waals surface area contributed by atoms with Gasteiger partial charge in [0.25, 0.3) is 0 Å². The molecule has 1 unspecified atom stereocenters. The summed E-state index contributed by atoms with van der Waals surface area (Å²) in [5.41, 5.74) is 1.54. The fraction of sp³-hybridized carbons (Fsp3) is 0.556. The molecule has 6 heteroatoms. The molecule has 1 heterocycles. The summed E-state index contributed by atoms with van der Waals surface area (Å²) < 4.78 is 15.7. The van der Waals surface area contributed by atoms with Crippen LogP contribution in [0.5, 0.6) is 5.75 Å². The maximum absolute atomic E-state index is 11.9. The SMILES string of the molecule is COCCOc1ccc(C#N)cc1[C@H]1CCNC1[C@@H](C)C(=O)OC. The number of benzene rings is 1. The maximum Gasteiger partial charge on any atom is 0.309 e. The lowest BCUT2D eigenvalue weighted by atomic mass is 9.84. The van der Waals surface area contributed by atoms with Crippen LogP contribution in [0.3, 0.4) is 0 Å². The Morgan fingerprint density at radius 2 is 2.21 bits per heavy atom. The molecular formula is C18H24N2O4. The second kappa shape index (κ2) is 8.67. The van der Waals surface area contributed by atoms with Crippen molar-refractivity contribution in [2.45, 2.75) is 25.3 Å². The molecule has 0 aliphatic carbocycles. The molecule has 1 fully saturated rings. The Morgan fingerprint density at radius 3 is 2.88 bits per heavy atom. The Kier molecular flexibility index (Phi) is 6.59. The van der Waals surface area contributed by atoms with Crippen LogP contribution in [0.2, 0.25) is 0 Å². The average Bonchev–Trinajstić information content (AvgIpc) is 3.10. The lowest BCUT2D eigenvalue weighted by Gasteiger charge is -2.26. The van der Waals surface area contributed by atoms with E-state index in [-0.39, 0.29) is 23.8 Å². The molecule has 0 radical (unpaired) electrons. The molecule has 0 saturated carbocycles. The first-order valence-electron chi connectivity index (χ1n) is 8.09. The van der Waals surface area contributed by atoms with Gasteiger partial charge >= 0.3 is 5.97 Å². The minimum Gasteiger partial charge on any atom is -0.491 e. The van der Waals surface area contributed by atoms with Crippen molar-refractivity contribution in [3.05, 3.63) is 29.3 Å². The second-order valence-electron chi connectivity index (χ2n) is 5.89. The molecule has 6 nitrogen and oxygen atoms in total. The summed E-state index contributed by atoms with van der Waals surface area (Å²) in [7, 11) is 3.02. The first-order chi connectivity index (χ1) is 11.6. The van der Waals surface area contributed by atoms with Gasteiger partial charge in [-0.2, -0.15) is 5.26 Å². The van der Waals surface area contributed by atoms with E-state index in [1.807, 2.05) is 19.1 Å². The normalized spacial score (nSPS) is 21.1. The van der Waals surface area contributed by atoms with Crippen LogP contribution in [-0.4, -0.2) is 46.0 Å². The molecule has 1 saturated heterocycles. The number of carbonyl (C=O) groups excluding carboxylic acids is 1. The van der Waals surface area contributed by atoms with E-state index in [0.29, 0.717) is 18.8 Å². The van der Waals surface area contributed by atoms with Crippen LogP contribution in [-0.2, 0) is 14.3 Å². The van der Waals surface area contributed by atoms with Crippen molar-refractivity contribution in [3.8, 4) is 11.8 Å². The summed E-state index contributed by atoms with van der Waals surface area (Å²) in [4.78, 5) is 11.9. The molecule has 2 rings (SSSR count). The van der Waals surface area contributed by atoms with Crippen LogP contribution in [0.4, 0.5) is 0 Å². The van der Waals surface area contributed by atoms with Crippen LogP contribution < -0.4 is 10.1 Å². The molecule has 1 aliphatic rings. The molecule has 0 amide bonds. The third-order valence-corrected chi connectivity index (χ3v) is 4.46. The van der Waals surface area contributed by atoms with Crippen molar-refractivity contribution in [3.63, 3.8) is 0 Å². The van der Waals surface area contributed by atoms with Gasteiger partial charge in [0, 0.05) is 24.6 Å². The Balaban J connectivity index is 2.30. The minimum absolute atomic E-state index is 0.0452. The summed E-state index contributed by atoms with van der Waals surface area (Å²) >= 11 is 0. The van der Waals surface area contributed by atoms with Gasteiger partial charge in [-0.1, -0.05) is 6.92 Å². The molecule has 3 atom stereocenters. The van der Waals surface area contributed by atoms with Gasteiger partial charge in [0.2, 0.25) is 0 Å². The van der Waals surface area contributed by atoms with Crippen LogP contribution in [0.1, 0.15) is 30.4 Å². The van der Waals surface area contributed by atoms with Crippen molar-refractivity contribution in [1.29, 1.82) is 5.26 Å². The lowest BCUT2D eigenvalue weighted by Crippen LogP contribution is -2.37. The van der Waals surface area contributed by atoms with Gasteiger partial charge in [-0.3, -0.25) is 4.79 Å². The third kappa shape index (κ3) is 4.05. The van der Waals surface area contributed by atoms with E-state index in [4.69, 9.17) is 14.2 Å². The summed E-state index contributed by atoms with van der Waals surface area (Å²) in [6.07, 6.45) is 0.877. The molecule has 24 heavy (non-hydrogen) atoms. The molecule has 1 N–H and O–H groups in total. The number of hydrogen-bond donors (Lipinski definition) is 1. The van der Waals surface area contributed by atoms with Gasteiger partial charge in [-0.05, 0) is 31.2 Å². The number of nitriles is 1. The molecule has 130 valence electrons. The number of nitrogens with one attached hydrogen (secondary N) is 1. The van der Waals surface area contributed by atoms with Gasteiger partial charge in [0.15, 0.2) is 0 Å². The molecule has 1 aromatic rings. The van der Waals surface area contributed by atoms with Gasteiger partial charge in [-0.15, -0.1) is 0 Å². The Morgan fingerprint density at radius 1 is 1.42 bits per heavy atom.